The highest BCUT2D eigenvalue weighted by Crippen LogP contribution is 2.29. The summed E-state index contributed by atoms with van der Waals surface area (Å²) >= 11 is 0. The van der Waals surface area contributed by atoms with Crippen molar-refractivity contribution in [1.82, 2.24) is 4.98 Å². The summed E-state index contributed by atoms with van der Waals surface area (Å²) in [4.78, 5) is 4.85. The molecule has 26 heavy (non-hydrogen) atoms. The Morgan fingerprint density at radius 1 is 0.615 bits per heavy atom. The maximum Gasteiger partial charge on any atom is 0.0867 e. The van der Waals surface area contributed by atoms with Crippen LogP contribution in [0.2, 0.25) is 36.3 Å². The van der Waals surface area contributed by atoms with Crippen molar-refractivity contribution in [3.05, 3.63) is 42.6 Å². The highest BCUT2D eigenvalue weighted by molar-refractivity contribution is 6.96. The van der Waals surface area contributed by atoms with E-state index in [1.165, 1.54) is 47.5 Å². The normalized spacial score (nSPS) is 12.4. The zero-order valence-electron chi connectivity index (χ0n) is 17.7. The van der Waals surface area contributed by atoms with E-state index in [0.717, 1.165) is 0 Å². The van der Waals surface area contributed by atoms with Crippen molar-refractivity contribution in [2.45, 2.75) is 77.8 Å². The molecule has 0 unspecified atom stereocenters. The lowest BCUT2D eigenvalue weighted by molar-refractivity contribution is 1.18. The first-order chi connectivity index (χ1) is 12.6. The lowest BCUT2D eigenvalue weighted by Gasteiger charge is -2.36. The van der Waals surface area contributed by atoms with Crippen LogP contribution >= 0.6 is 0 Å². The molecule has 1 nitrogen and oxygen atoms in total. The molecule has 1 aromatic heterocycles. The fourth-order valence-corrected chi connectivity index (χ4v) is 12.8. The predicted octanol–water partition coefficient (Wildman–Crippen LogP) is 6.18. The monoisotopic (exact) mass is 383 g/mol. The molecule has 3 heteroatoms. The molecule has 0 aliphatic rings. The van der Waals surface area contributed by atoms with Crippen LogP contribution in [0.15, 0.2) is 42.6 Å². The highest BCUT2D eigenvalue weighted by atomic mass is 28.3. The molecule has 1 heterocycles. The van der Waals surface area contributed by atoms with Gasteiger partial charge in [-0.15, -0.1) is 0 Å². The Kier molecular flexibility index (Phi) is 7.42. The van der Waals surface area contributed by atoms with E-state index < -0.39 is 16.1 Å². The molecule has 0 fully saturated rings. The number of rotatable bonds is 9. The molecular formula is C23H37NSi2. The van der Waals surface area contributed by atoms with Gasteiger partial charge in [0, 0.05) is 6.20 Å². The van der Waals surface area contributed by atoms with Gasteiger partial charge in [0.1, 0.15) is 0 Å². The van der Waals surface area contributed by atoms with Gasteiger partial charge in [0.25, 0.3) is 0 Å². The van der Waals surface area contributed by atoms with Crippen molar-refractivity contribution in [3.8, 4) is 11.3 Å². The number of aromatic nitrogens is 1. The first-order valence-corrected chi connectivity index (χ1v) is 15.9. The van der Waals surface area contributed by atoms with Gasteiger partial charge in [0.05, 0.1) is 21.8 Å². The second kappa shape index (κ2) is 9.14. The van der Waals surface area contributed by atoms with Crippen molar-refractivity contribution in [3.63, 3.8) is 0 Å². The summed E-state index contributed by atoms with van der Waals surface area (Å²) in [6.45, 7) is 14.5. The largest absolute Gasteiger partial charge is 0.256 e. The number of hydrogen-bond donors (Lipinski definition) is 0. The molecule has 0 saturated heterocycles. The molecule has 2 rings (SSSR count). The summed E-state index contributed by atoms with van der Waals surface area (Å²) in [6, 6.07) is 21.6. The predicted molar refractivity (Wildman–Crippen MR) is 123 cm³/mol. The van der Waals surface area contributed by atoms with Crippen LogP contribution < -0.4 is 10.4 Å². The molecule has 0 atom stereocenters. The Hall–Kier alpha value is -1.20. The lowest BCUT2D eigenvalue weighted by Crippen LogP contribution is -2.53. The van der Waals surface area contributed by atoms with Crippen molar-refractivity contribution < 1.29 is 0 Å². The lowest BCUT2D eigenvalue weighted by atomic mass is 10.1. The van der Waals surface area contributed by atoms with E-state index in [1.807, 2.05) is 12.3 Å². The minimum atomic E-state index is -1.49. The summed E-state index contributed by atoms with van der Waals surface area (Å²) < 4.78 is 0. The van der Waals surface area contributed by atoms with E-state index in [2.05, 4.69) is 71.9 Å². The number of benzene rings is 1. The molecule has 0 aliphatic carbocycles. The smallest absolute Gasteiger partial charge is 0.0867 e. The molecule has 1 aromatic carbocycles. The fraction of sp³-hybridized carbons (Fsp3) is 0.522. The molecule has 2 aromatic rings. The molecule has 0 N–H and O–H groups in total. The average Bonchev–Trinajstić information content (AvgIpc) is 2.72. The van der Waals surface area contributed by atoms with Gasteiger partial charge in [-0.25, -0.2) is 0 Å². The summed E-state index contributed by atoms with van der Waals surface area (Å²) in [5.41, 5.74) is 2.74. The van der Waals surface area contributed by atoms with Crippen molar-refractivity contribution in [2.24, 2.45) is 0 Å². The van der Waals surface area contributed by atoms with E-state index in [0.29, 0.717) is 0 Å². The van der Waals surface area contributed by atoms with E-state index in [1.54, 1.807) is 10.4 Å². The molecular weight excluding hydrogens is 346 g/mol. The van der Waals surface area contributed by atoms with Crippen LogP contribution in [0.1, 0.15) is 41.5 Å². The van der Waals surface area contributed by atoms with E-state index in [4.69, 9.17) is 4.98 Å². The summed E-state index contributed by atoms with van der Waals surface area (Å²) in [7, 11) is -2.97. The summed E-state index contributed by atoms with van der Waals surface area (Å²) in [5.74, 6) is 0. The van der Waals surface area contributed by atoms with Crippen LogP contribution in [-0.2, 0) is 0 Å². The van der Waals surface area contributed by atoms with Gasteiger partial charge in [0.2, 0.25) is 0 Å². The molecule has 0 spiro atoms. The van der Waals surface area contributed by atoms with Gasteiger partial charge in [-0.1, -0.05) is 112 Å². The molecule has 0 aliphatic heterocycles. The average molecular weight is 384 g/mol. The SMILES string of the molecule is CC[Si](CC)(CC)c1cccc([Si](CC)(CC)CC)c1-c1ccccn1. The Morgan fingerprint density at radius 3 is 1.42 bits per heavy atom. The quantitative estimate of drug-likeness (QED) is 0.471. The zero-order valence-corrected chi connectivity index (χ0v) is 19.7. The van der Waals surface area contributed by atoms with Crippen molar-refractivity contribution in [1.29, 1.82) is 0 Å². The van der Waals surface area contributed by atoms with Gasteiger partial charge in [-0.3, -0.25) is 4.98 Å². The first kappa shape index (κ1) is 21.1. The number of hydrogen-bond acceptors (Lipinski definition) is 1. The number of pyridine rings is 1. The van der Waals surface area contributed by atoms with Crippen LogP contribution in [0.25, 0.3) is 11.3 Å². The van der Waals surface area contributed by atoms with Gasteiger partial charge < -0.3 is 0 Å². The Labute approximate surface area is 163 Å². The van der Waals surface area contributed by atoms with E-state index in [9.17, 15) is 0 Å². The van der Waals surface area contributed by atoms with E-state index in [-0.39, 0.29) is 0 Å². The Morgan fingerprint density at radius 2 is 1.08 bits per heavy atom. The van der Waals surface area contributed by atoms with Gasteiger partial charge in [-0.05, 0) is 17.7 Å². The van der Waals surface area contributed by atoms with Gasteiger partial charge in [-0.2, -0.15) is 0 Å². The Balaban J connectivity index is 2.89. The first-order valence-electron chi connectivity index (χ1n) is 10.6. The molecule has 0 saturated carbocycles. The highest BCUT2D eigenvalue weighted by Gasteiger charge is 2.37. The maximum absolute atomic E-state index is 4.85. The van der Waals surface area contributed by atoms with E-state index >= 15 is 0 Å². The topological polar surface area (TPSA) is 12.9 Å². The van der Waals surface area contributed by atoms with Crippen LogP contribution in [0.4, 0.5) is 0 Å². The summed E-state index contributed by atoms with van der Waals surface area (Å²) in [5, 5.41) is 3.35. The number of nitrogens with zero attached hydrogens (tertiary/aromatic N) is 1. The van der Waals surface area contributed by atoms with Crippen LogP contribution in [-0.4, -0.2) is 21.1 Å². The van der Waals surface area contributed by atoms with Crippen molar-refractivity contribution >= 4 is 26.5 Å². The summed E-state index contributed by atoms with van der Waals surface area (Å²) in [6.07, 6.45) is 1.97. The second-order valence-electron chi connectivity index (χ2n) is 7.63. The standard InChI is InChI=1S/C23H37NSi2/c1-7-25(8-2,9-3)21-17-15-18-22(26(10-4,11-5)12-6)23(21)20-16-13-14-19-24-20/h13-19H,7-12H2,1-6H3. The third-order valence-electron chi connectivity index (χ3n) is 7.19. The van der Waals surface area contributed by atoms with Crippen LogP contribution in [0.5, 0.6) is 0 Å². The minimum absolute atomic E-state index is 1.21. The zero-order chi connectivity index (χ0) is 19.2. The van der Waals surface area contributed by atoms with Gasteiger partial charge >= 0.3 is 0 Å². The van der Waals surface area contributed by atoms with Crippen LogP contribution in [0, 0.1) is 0 Å². The van der Waals surface area contributed by atoms with Gasteiger partial charge in [0.15, 0.2) is 0 Å². The molecule has 0 amide bonds. The molecule has 0 bridgehead atoms. The molecule has 142 valence electrons. The van der Waals surface area contributed by atoms with Crippen LogP contribution in [0.3, 0.4) is 0 Å². The maximum atomic E-state index is 4.85. The Bertz CT molecular complexity index is 634. The third kappa shape index (κ3) is 3.61. The minimum Gasteiger partial charge on any atom is -0.256 e. The third-order valence-corrected chi connectivity index (χ3v) is 18.4. The molecule has 0 radical (unpaired) electrons. The second-order valence-corrected chi connectivity index (χ2v) is 18.1. The van der Waals surface area contributed by atoms with Crippen molar-refractivity contribution in [2.75, 3.05) is 0 Å². The fourth-order valence-electron chi connectivity index (χ4n) is 4.87.